The molecule has 0 aromatic heterocycles. The van der Waals surface area contributed by atoms with Gasteiger partial charge in [-0.3, -0.25) is 0 Å². The third-order valence-electron chi connectivity index (χ3n) is 1.59. The average molecular weight is 234 g/mol. The molecule has 0 atom stereocenters. The van der Waals surface area contributed by atoms with E-state index in [1.165, 1.54) is 37.2 Å². The van der Waals surface area contributed by atoms with E-state index in [1.807, 2.05) is 12.4 Å². The van der Waals surface area contributed by atoms with Crippen LogP contribution >= 0.6 is 23.9 Å². The summed E-state index contributed by atoms with van der Waals surface area (Å²) in [6, 6.07) is 0. The third-order valence-corrected chi connectivity index (χ3v) is 3.18. The molecule has 0 aromatic rings. The molecule has 0 radical (unpaired) electrons. The van der Waals surface area contributed by atoms with Gasteiger partial charge in [0, 0.05) is 23.9 Å². The lowest BCUT2D eigenvalue weighted by molar-refractivity contribution is 0.894. The van der Waals surface area contributed by atoms with E-state index in [9.17, 15) is 0 Å². The summed E-state index contributed by atoms with van der Waals surface area (Å²) in [4.78, 5) is 0. The molecule has 0 aliphatic carbocycles. The van der Waals surface area contributed by atoms with Crippen LogP contribution in [0.25, 0.3) is 0 Å². The Hall–Kier alpha value is 0.0400. The lowest BCUT2D eigenvalue weighted by Gasteiger charge is -1.99. The van der Waals surface area contributed by atoms with Gasteiger partial charge in [0.15, 0.2) is 0 Å². The Morgan fingerprint density at radius 2 is 1.29 bits per heavy atom. The highest BCUT2D eigenvalue weighted by Gasteiger charge is 1.84. The number of hydrogen-bond donors (Lipinski definition) is 2. The monoisotopic (exact) mass is 234 g/mol. The van der Waals surface area contributed by atoms with Crippen molar-refractivity contribution in [3.05, 3.63) is 12.4 Å². The van der Waals surface area contributed by atoms with Crippen molar-refractivity contribution in [1.29, 1.82) is 0 Å². The van der Waals surface area contributed by atoms with Gasteiger partial charge < -0.3 is 9.44 Å². The first-order valence-corrected chi connectivity index (χ1v) is 7.28. The number of hydrogen-bond acceptors (Lipinski definition) is 4. The molecule has 84 valence electrons. The maximum Gasteiger partial charge on any atom is 0.0238 e. The van der Waals surface area contributed by atoms with E-state index in [0.29, 0.717) is 0 Å². The number of rotatable bonds is 10. The second-order valence-electron chi connectivity index (χ2n) is 2.97. The smallest absolute Gasteiger partial charge is 0.0238 e. The van der Waals surface area contributed by atoms with Crippen molar-refractivity contribution in [1.82, 2.24) is 9.44 Å². The van der Waals surface area contributed by atoms with Crippen LogP contribution in [0.2, 0.25) is 0 Å². The van der Waals surface area contributed by atoms with Crippen molar-refractivity contribution in [2.45, 2.75) is 39.5 Å². The van der Waals surface area contributed by atoms with Crippen LogP contribution in [-0.4, -0.2) is 11.5 Å². The Morgan fingerprint density at radius 3 is 1.64 bits per heavy atom. The molecule has 0 heterocycles. The van der Waals surface area contributed by atoms with Gasteiger partial charge in [0.1, 0.15) is 0 Å². The lowest BCUT2D eigenvalue weighted by atomic mass is 10.4. The van der Waals surface area contributed by atoms with Gasteiger partial charge in [-0.25, -0.2) is 0 Å². The highest BCUT2D eigenvalue weighted by atomic mass is 32.2. The van der Waals surface area contributed by atoms with Gasteiger partial charge >= 0.3 is 0 Å². The van der Waals surface area contributed by atoms with E-state index in [4.69, 9.17) is 0 Å². The van der Waals surface area contributed by atoms with Gasteiger partial charge in [-0.2, -0.15) is 0 Å². The molecule has 2 nitrogen and oxygen atoms in total. The molecule has 2 N–H and O–H groups in total. The minimum absolute atomic E-state index is 1.18. The largest absolute Gasteiger partial charge is 0.335 e. The first-order chi connectivity index (χ1) is 6.91. The van der Waals surface area contributed by atoms with Gasteiger partial charge in [0.05, 0.1) is 0 Å². The molecular weight excluding hydrogens is 212 g/mol. The molecule has 0 amide bonds. The minimum atomic E-state index is 1.18. The predicted molar refractivity (Wildman–Crippen MR) is 70.1 cm³/mol. The quantitative estimate of drug-likeness (QED) is 0.446. The van der Waals surface area contributed by atoms with Crippen molar-refractivity contribution in [3.63, 3.8) is 0 Å². The van der Waals surface area contributed by atoms with E-state index < -0.39 is 0 Å². The topological polar surface area (TPSA) is 24.1 Å². The molecule has 0 spiro atoms. The van der Waals surface area contributed by atoms with Gasteiger partial charge in [-0.1, -0.05) is 50.6 Å². The first-order valence-electron chi connectivity index (χ1n) is 5.31. The zero-order chi connectivity index (χ0) is 10.5. The van der Waals surface area contributed by atoms with Crippen LogP contribution in [-0.2, 0) is 0 Å². The zero-order valence-electron chi connectivity index (χ0n) is 9.21. The highest BCUT2D eigenvalue weighted by Crippen LogP contribution is 2.00. The first kappa shape index (κ1) is 14.0. The fraction of sp³-hybridized carbons (Fsp3) is 0.800. The Bertz CT molecular complexity index is 115. The fourth-order valence-electron chi connectivity index (χ4n) is 0.715. The molecule has 0 aliphatic heterocycles. The average Bonchev–Trinajstić information content (AvgIpc) is 2.21. The van der Waals surface area contributed by atoms with Crippen LogP contribution < -0.4 is 9.44 Å². The Labute approximate surface area is 97.0 Å². The van der Waals surface area contributed by atoms with Gasteiger partial charge in [0.2, 0.25) is 0 Å². The Kier molecular flexibility index (Phi) is 13.1. The van der Waals surface area contributed by atoms with Crippen LogP contribution in [0.4, 0.5) is 0 Å². The molecule has 0 rings (SSSR count). The second-order valence-corrected chi connectivity index (χ2v) is 4.84. The summed E-state index contributed by atoms with van der Waals surface area (Å²) in [5, 5.41) is 0. The predicted octanol–water partition coefficient (Wildman–Crippen LogP) is 3.53. The molecule has 4 heteroatoms. The fourth-order valence-corrected chi connectivity index (χ4v) is 2.15. The second kappa shape index (κ2) is 13.0. The standard InChI is InChI=1S/C10H22N2S2/c1-3-5-9-13-11-7-8-12-14-10-6-4-2/h7-8,11-12H,3-6,9-10H2,1-2H3/b8-7-. The summed E-state index contributed by atoms with van der Waals surface area (Å²) >= 11 is 3.52. The van der Waals surface area contributed by atoms with Crippen LogP contribution in [0, 0.1) is 0 Å². The van der Waals surface area contributed by atoms with E-state index >= 15 is 0 Å². The van der Waals surface area contributed by atoms with Gasteiger partial charge in [0.25, 0.3) is 0 Å². The minimum Gasteiger partial charge on any atom is -0.335 e. The Morgan fingerprint density at radius 1 is 0.857 bits per heavy atom. The lowest BCUT2D eigenvalue weighted by Crippen LogP contribution is -1.98. The normalized spacial score (nSPS) is 10.7. The number of unbranched alkanes of at least 4 members (excludes halogenated alkanes) is 2. The van der Waals surface area contributed by atoms with Crippen LogP contribution in [0.3, 0.4) is 0 Å². The number of nitrogens with one attached hydrogen (secondary N) is 2. The Balaban J connectivity index is 2.96. The van der Waals surface area contributed by atoms with Crippen LogP contribution in [0.1, 0.15) is 39.5 Å². The van der Waals surface area contributed by atoms with E-state index in [1.54, 1.807) is 23.9 Å². The molecule has 0 unspecified atom stereocenters. The maximum atomic E-state index is 3.17. The summed E-state index contributed by atoms with van der Waals surface area (Å²) in [5.74, 6) is 2.37. The van der Waals surface area contributed by atoms with Crippen molar-refractivity contribution in [2.24, 2.45) is 0 Å². The molecule has 0 bridgehead atoms. The van der Waals surface area contributed by atoms with Gasteiger partial charge in [-0.15, -0.1) is 0 Å². The van der Waals surface area contributed by atoms with E-state index in [2.05, 4.69) is 23.3 Å². The molecule has 0 saturated carbocycles. The molecule has 0 fully saturated rings. The van der Waals surface area contributed by atoms with Crippen molar-refractivity contribution in [3.8, 4) is 0 Å². The molecule has 0 saturated heterocycles. The molecule has 14 heavy (non-hydrogen) atoms. The van der Waals surface area contributed by atoms with Crippen molar-refractivity contribution >= 4 is 23.9 Å². The van der Waals surface area contributed by atoms with Crippen LogP contribution in [0.15, 0.2) is 12.4 Å². The summed E-state index contributed by atoms with van der Waals surface area (Å²) in [5.41, 5.74) is 0. The zero-order valence-corrected chi connectivity index (χ0v) is 10.8. The van der Waals surface area contributed by atoms with Crippen molar-refractivity contribution in [2.75, 3.05) is 11.5 Å². The molecule has 0 aromatic carbocycles. The summed E-state index contributed by atoms with van der Waals surface area (Å²) in [6.07, 6.45) is 9.01. The van der Waals surface area contributed by atoms with E-state index in [-0.39, 0.29) is 0 Å². The summed E-state index contributed by atoms with van der Waals surface area (Å²) < 4.78 is 6.34. The van der Waals surface area contributed by atoms with Crippen LogP contribution in [0.5, 0.6) is 0 Å². The SMILES string of the molecule is CCCCSN/C=C\NSCCCC. The highest BCUT2D eigenvalue weighted by molar-refractivity contribution is 7.97. The molecule has 0 aliphatic rings. The molecular formula is C10H22N2S2. The third kappa shape index (κ3) is 12.0. The summed E-state index contributed by atoms with van der Waals surface area (Å²) in [7, 11) is 0. The van der Waals surface area contributed by atoms with E-state index in [0.717, 1.165) is 0 Å². The summed E-state index contributed by atoms with van der Waals surface area (Å²) in [6.45, 7) is 4.42. The maximum absolute atomic E-state index is 3.17. The van der Waals surface area contributed by atoms with Crippen molar-refractivity contribution < 1.29 is 0 Å². The van der Waals surface area contributed by atoms with Gasteiger partial charge in [-0.05, 0) is 12.8 Å².